The molecule has 8 nitrogen and oxygen atoms in total. The lowest BCUT2D eigenvalue weighted by Crippen LogP contribution is -2.45. The van der Waals surface area contributed by atoms with Crippen molar-refractivity contribution in [2.24, 2.45) is 5.92 Å². The van der Waals surface area contributed by atoms with Crippen molar-refractivity contribution in [2.45, 2.75) is 64.1 Å². The van der Waals surface area contributed by atoms with Crippen LogP contribution in [0.3, 0.4) is 0 Å². The Hall–Kier alpha value is -3.92. The third kappa shape index (κ3) is 6.07. The maximum absolute atomic E-state index is 10.0. The van der Waals surface area contributed by atoms with E-state index in [-0.39, 0.29) is 10.5 Å². The predicted octanol–water partition coefficient (Wildman–Crippen LogP) is 7.12. The standard InChI is InChI=1S/C32H38N6O2Si/c1-31(2,3)41(5,6)40-20-32(4)19-36-29-24(17-34)14-23(15-25(29)32)26-11-12-35-30(37-26)38-27-13-22(16-33)9-10-28(27)39-18-21-7-8-21/h9-15,21,36H,7-8,18-20H2,1-6H3,(H,35,37,38)/t32-/m1/s1. The van der Waals surface area contributed by atoms with Gasteiger partial charge in [-0.05, 0) is 78.9 Å². The van der Waals surface area contributed by atoms with E-state index in [1.165, 1.54) is 12.8 Å². The van der Waals surface area contributed by atoms with Crippen molar-refractivity contribution in [3.8, 4) is 29.1 Å². The van der Waals surface area contributed by atoms with Crippen LogP contribution in [0.15, 0.2) is 42.6 Å². The van der Waals surface area contributed by atoms with Crippen molar-refractivity contribution in [2.75, 3.05) is 30.4 Å². The first-order valence-electron chi connectivity index (χ1n) is 14.2. The summed E-state index contributed by atoms with van der Waals surface area (Å²) in [7, 11) is -1.96. The van der Waals surface area contributed by atoms with Crippen LogP contribution in [-0.4, -0.2) is 38.0 Å². The Morgan fingerprint density at radius 3 is 2.59 bits per heavy atom. The third-order valence-corrected chi connectivity index (χ3v) is 13.1. The zero-order valence-corrected chi connectivity index (χ0v) is 25.8. The summed E-state index contributed by atoms with van der Waals surface area (Å²) in [4.78, 5) is 9.23. The first-order valence-corrected chi connectivity index (χ1v) is 17.1. The Balaban J connectivity index is 1.45. The van der Waals surface area contributed by atoms with Gasteiger partial charge in [0.15, 0.2) is 8.32 Å². The number of anilines is 3. The predicted molar refractivity (Wildman–Crippen MR) is 164 cm³/mol. The number of ether oxygens (including phenoxy) is 1. The average Bonchev–Trinajstić information content (AvgIpc) is 3.72. The lowest BCUT2D eigenvalue weighted by molar-refractivity contribution is 0.220. The molecule has 2 aliphatic rings. The minimum atomic E-state index is -1.96. The Morgan fingerprint density at radius 2 is 1.90 bits per heavy atom. The molecule has 9 heteroatoms. The van der Waals surface area contributed by atoms with E-state index in [0.717, 1.165) is 16.8 Å². The molecule has 0 unspecified atom stereocenters. The number of nitriles is 2. The fourth-order valence-corrected chi connectivity index (χ4v) is 5.74. The van der Waals surface area contributed by atoms with Crippen LogP contribution in [0, 0.1) is 28.6 Å². The highest BCUT2D eigenvalue weighted by Crippen LogP contribution is 2.44. The van der Waals surface area contributed by atoms with Gasteiger partial charge < -0.3 is 19.8 Å². The highest BCUT2D eigenvalue weighted by Gasteiger charge is 2.42. The molecular formula is C32H38N6O2Si. The van der Waals surface area contributed by atoms with E-state index in [1.54, 1.807) is 18.3 Å². The second-order valence-corrected chi connectivity index (χ2v) is 17.8. The summed E-state index contributed by atoms with van der Waals surface area (Å²) in [6.07, 6.45) is 4.07. The lowest BCUT2D eigenvalue weighted by atomic mass is 9.83. The molecule has 1 aliphatic carbocycles. The molecule has 212 valence electrons. The van der Waals surface area contributed by atoms with E-state index in [9.17, 15) is 10.5 Å². The smallest absolute Gasteiger partial charge is 0.227 e. The van der Waals surface area contributed by atoms with Crippen molar-refractivity contribution in [3.05, 3.63) is 59.3 Å². The van der Waals surface area contributed by atoms with Crippen LogP contribution in [-0.2, 0) is 9.84 Å². The zero-order valence-electron chi connectivity index (χ0n) is 24.8. The van der Waals surface area contributed by atoms with Crippen LogP contribution in [0.4, 0.5) is 17.3 Å². The van der Waals surface area contributed by atoms with Crippen molar-refractivity contribution in [1.82, 2.24) is 9.97 Å². The average molecular weight is 567 g/mol. The first-order chi connectivity index (χ1) is 19.4. The highest BCUT2D eigenvalue weighted by molar-refractivity contribution is 6.74. The molecule has 0 saturated heterocycles. The molecule has 0 spiro atoms. The number of hydrogen-bond acceptors (Lipinski definition) is 8. The van der Waals surface area contributed by atoms with Gasteiger partial charge in [-0.3, -0.25) is 0 Å². The molecule has 3 aromatic rings. The fourth-order valence-electron chi connectivity index (χ4n) is 4.62. The molecule has 0 radical (unpaired) electrons. The van der Waals surface area contributed by atoms with Crippen molar-refractivity contribution >= 4 is 25.6 Å². The van der Waals surface area contributed by atoms with Crippen LogP contribution >= 0.6 is 0 Å². The molecule has 2 aromatic carbocycles. The quantitative estimate of drug-likeness (QED) is 0.263. The topological polar surface area (TPSA) is 116 Å². The second kappa shape index (κ2) is 10.8. The van der Waals surface area contributed by atoms with E-state index in [2.05, 4.69) is 74.6 Å². The van der Waals surface area contributed by atoms with E-state index < -0.39 is 8.32 Å². The molecule has 2 N–H and O–H groups in total. The molecule has 5 rings (SSSR count). The molecule has 0 amide bonds. The normalized spacial score (nSPS) is 18.1. The summed E-state index contributed by atoms with van der Waals surface area (Å²) in [6.45, 7) is 15.4. The number of rotatable bonds is 9. The maximum Gasteiger partial charge on any atom is 0.227 e. The van der Waals surface area contributed by atoms with Crippen molar-refractivity contribution < 1.29 is 9.16 Å². The number of fused-ring (bicyclic) bond motifs is 1. The molecule has 1 aromatic heterocycles. The van der Waals surface area contributed by atoms with Crippen molar-refractivity contribution in [1.29, 1.82) is 10.5 Å². The van der Waals surface area contributed by atoms with Gasteiger partial charge in [0, 0.05) is 30.3 Å². The number of hydrogen-bond donors (Lipinski definition) is 2. The maximum atomic E-state index is 10.0. The molecular weight excluding hydrogens is 528 g/mol. The van der Waals surface area contributed by atoms with Gasteiger partial charge in [-0.1, -0.05) is 27.7 Å². The highest BCUT2D eigenvalue weighted by atomic mass is 28.4. The van der Waals surface area contributed by atoms with E-state index in [0.29, 0.717) is 59.9 Å². The molecule has 1 atom stereocenters. The van der Waals surface area contributed by atoms with Crippen LogP contribution in [0.2, 0.25) is 18.1 Å². The summed E-state index contributed by atoms with van der Waals surface area (Å²) in [5.74, 6) is 1.65. The molecule has 2 heterocycles. The van der Waals surface area contributed by atoms with Gasteiger partial charge in [-0.25, -0.2) is 9.97 Å². The van der Waals surface area contributed by atoms with Gasteiger partial charge in [0.25, 0.3) is 0 Å². The molecule has 1 saturated carbocycles. The fraction of sp³-hybridized carbons (Fsp3) is 0.438. The number of nitrogens with zero attached hydrogens (tertiary/aromatic N) is 4. The van der Waals surface area contributed by atoms with E-state index >= 15 is 0 Å². The van der Waals surface area contributed by atoms with Crippen molar-refractivity contribution in [3.63, 3.8) is 0 Å². The summed E-state index contributed by atoms with van der Waals surface area (Å²) >= 11 is 0. The number of aromatic nitrogens is 2. The SMILES string of the molecule is CC(C)(C)[Si](C)(C)OC[C@@]1(C)CNc2c(C#N)cc(-c3ccnc(Nc4cc(C#N)ccc4OCC4CC4)n3)cc21. The number of benzene rings is 2. The second-order valence-electron chi connectivity index (χ2n) is 13.0. The Kier molecular flexibility index (Phi) is 7.54. The van der Waals surface area contributed by atoms with E-state index in [4.69, 9.17) is 14.1 Å². The van der Waals surface area contributed by atoms with Crippen LogP contribution < -0.4 is 15.4 Å². The molecule has 1 fully saturated rings. The molecule has 1 aliphatic heterocycles. The first kappa shape index (κ1) is 28.6. The summed E-state index contributed by atoms with van der Waals surface area (Å²) < 4.78 is 12.7. The van der Waals surface area contributed by atoms with Crippen LogP contribution in [0.1, 0.15) is 57.2 Å². The third-order valence-electron chi connectivity index (χ3n) is 8.60. The van der Waals surface area contributed by atoms with Gasteiger partial charge in [0.05, 0.1) is 40.9 Å². The van der Waals surface area contributed by atoms with E-state index in [1.807, 2.05) is 18.2 Å². The minimum Gasteiger partial charge on any atom is -0.491 e. The van der Waals surface area contributed by atoms with Crippen LogP contribution in [0.5, 0.6) is 5.75 Å². The molecule has 0 bridgehead atoms. The van der Waals surface area contributed by atoms with Gasteiger partial charge in [-0.2, -0.15) is 10.5 Å². The summed E-state index contributed by atoms with van der Waals surface area (Å²) in [6, 6.07) is 15.7. The number of nitrogens with one attached hydrogen (secondary N) is 2. The van der Waals surface area contributed by atoms with Gasteiger partial charge in [0.2, 0.25) is 5.95 Å². The molecule has 41 heavy (non-hydrogen) atoms. The van der Waals surface area contributed by atoms with Gasteiger partial charge >= 0.3 is 0 Å². The zero-order chi connectivity index (χ0) is 29.4. The Labute approximate surface area is 243 Å². The lowest BCUT2D eigenvalue weighted by Gasteiger charge is -2.39. The monoisotopic (exact) mass is 566 g/mol. The van der Waals surface area contributed by atoms with Crippen LogP contribution in [0.25, 0.3) is 11.3 Å². The van der Waals surface area contributed by atoms with Gasteiger partial charge in [0.1, 0.15) is 11.8 Å². The Bertz CT molecular complexity index is 1550. The Morgan fingerprint density at radius 1 is 1.12 bits per heavy atom. The summed E-state index contributed by atoms with van der Waals surface area (Å²) in [5.41, 5.74) is 4.93. The largest absolute Gasteiger partial charge is 0.491 e. The van der Waals surface area contributed by atoms with Gasteiger partial charge in [-0.15, -0.1) is 0 Å². The minimum absolute atomic E-state index is 0.109. The summed E-state index contributed by atoms with van der Waals surface area (Å²) in [5, 5.41) is 26.3.